The van der Waals surface area contributed by atoms with Gasteiger partial charge in [-0.05, 0) is 51.1 Å². The Labute approximate surface area is 161 Å². The number of pyridine rings is 1. The average Bonchev–Trinajstić information content (AvgIpc) is 2.93. The predicted molar refractivity (Wildman–Crippen MR) is 105 cm³/mol. The number of aromatic nitrogens is 1. The molecule has 4 rings (SSSR count). The minimum absolute atomic E-state index is 0.229. The molecule has 0 unspecified atom stereocenters. The van der Waals surface area contributed by atoms with Crippen LogP contribution in [0.3, 0.4) is 0 Å². The molecular weight excluding hydrogens is 356 g/mol. The summed E-state index contributed by atoms with van der Waals surface area (Å²) in [5.41, 5.74) is 2.65. The van der Waals surface area contributed by atoms with Crippen molar-refractivity contribution >= 4 is 34.4 Å². The highest BCUT2D eigenvalue weighted by molar-refractivity contribution is 6.37. The summed E-state index contributed by atoms with van der Waals surface area (Å²) in [4.78, 5) is 43.7. The highest BCUT2D eigenvalue weighted by Gasteiger charge is 2.40. The molecule has 0 aliphatic carbocycles. The van der Waals surface area contributed by atoms with E-state index < -0.39 is 11.9 Å². The number of hydrogen-bond acceptors (Lipinski definition) is 5. The first-order valence-electron chi connectivity index (χ1n) is 8.97. The molecule has 2 amide bonds. The van der Waals surface area contributed by atoms with Crippen LogP contribution in [-0.4, -0.2) is 28.9 Å². The number of carbonyl (C=O) groups excluding carboxylic acids is 3. The second-order valence-electron chi connectivity index (χ2n) is 6.91. The number of amides is 2. The third-order valence-electron chi connectivity index (χ3n) is 4.61. The van der Waals surface area contributed by atoms with Crippen molar-refractivity contribution in [2.24, 2.45) is 0 Å². The van der Waals surface area contributed by atoms with Crippen molar-refractivity contribution in [1.29, 1.82) is 0 Å². The van der Waals surface area contributed by atoms with Gasteiger partial charge in [-0.2, -0.15) is 0 Å². The van der Waals surface area contributed by atoms with E-state index >= 15 is 0 Å². The topological polar surface area (TPSA) is 76.6 Å². The van der Waals surface area contributed by atoms with Crippen LogP contribution in [-0.2, 0) is 4.74 Å². The Bertz CT molecular complexity index is 1130. The number of hydrogen-bond donors (Lipinski definition) is 0. The van der Waals surface area contributed by atoms with Crippen LogP contribution in [0, 0.1) is 6.92 Å². The summed E-state index contributed by atoms with van der Waals surface area (Å²) < 4.78 is 5.16. The molecule has 0 bridgehead atoms. The fourth-order valence-corrected chi connectivity index (χ4v) is 3.40. The number of benzene rings is 2. The number of imide groups is 1. The fourth-order valence-electron chi connectivity index (χ4n) is 3.40. The molecule has 0 saturated heterocycles. The van der Waals surface area contributed by atoms with E-state index in [0.29, 0.717) is 39.0 Å². The SMILES string of the molecule is Cc1nc2ccccc2c2c1C(=O)N(c1ccc(C(=O)OC(C)C)cc1)C2=O. The third-order valence-corrected chi connectivity index (χ3v) is 4.61. The maximum absolute atomic E-state index is 13.1. The molecule has 0 atom stereocenters. The maximum atomic E-state index is 13.1. The Balaban J connectivity index is 1.75. The highest BCUT2D eigenvalue weighted by atomic mass is 16.5. The van der Waals surface area contributed by atoms with Gasteiger partial charge in [-0.1, -0.05) is 18.2 Å². The minimum atomic E-state index is -0.449. The lowest BCUT2D eigenvalue weighted by molar-refractivity contribution is 0.0377. The van der Waals surface area contributed by atoms with Crippen molar-refractivity contribution in [3.8, 4) is 0 Å². The smallest absolute Gasteiger partial charge is 0.338 e. The Morgan fingerprint density at radius 3 is 2.29 bits per heavy atom. The zero-order chi connectivity index (χ0) is 20.0. The van der Waals surface area contributed by atoms with E-state index in [4.69, 9.17) is 4.74 Å². The van der Waals surface area contributed by atoms with Crippen molar-refractivity contribution in [2.75, 3.05) is 4.90 Å². The molecule has 6 nitrogen and oxygen atoms in total. The van der Waals surface area contributed by atoms with Crippen LogP contribution < -0.4 is 4.90 Å². The molecule has 1 aliphatic heterocycles. The van der Waals surface area contributed by atoms with E-state index in [9.17, 15) is 14.4 Å². The number of esters is 1. The largest absolute Gasteiger partial charge is 0.459 e. The van der Waals surface area contributed by atoms with Gasteiger partial charge in [0, 0.05) is 5.39 Å². The van der Waals surface area contributed by atoms with E-state index in [1.54, 1.807) is 51.1 Å². The van der Waals surface area contributed by atoms with Crippen LogP contribution in [0.4, 0.5) is 5.69 Å². The fraction of sp³-hybridized carbons (Fsp3) is 0.182. The number of para-hydroxylation sites is 1. The minimum Gasteiger partial charge on any atom is -0.459 e. The van der Waals surface area contributed by atoms with Crippen LogP contribution in [0.1, 0.15) is 50.6 Å². The Morgan fingerprint density at radius 2 is 1.61 bits per heavy atom. The van der Waals surface area contributed by atoms with Crippen molar-refractivity contribution in [3.63, 3.8) is 0 Å². The van der Waals surface area contributed by atoms with Crippen LogP contribution >= 0.6 is 0 Å². The van der Waals surface area contributed by atoms with E-state index in [2.05, 4.69) is 4.98 Å². The maximum Gasteiger partial charge on any atom is 0.338 e. The highest BCUT2D eigenvalue weighted by Crippen LogP contribution is 2.34. The van der Waals surface area contributed by atoms with Gasteiger partial charge in [0.05, 0.1) is 39.7 Å². The molecule has 28 heavy (non-hydrogen) atoms. The molecule has 1 aliphatic rings. The van der Waals surface area contributed by atoms with Gasteiger partial charge in [0.2, 0.25) is 0 Å². The number of carbonyl (C=O) groups is 3. The van der Waals surface area contributed by atoms with Crippen LogP contribution in [0.25, 0.3) is 10.9 Å². The number of aryl methyl sites for hydroxylation is 1. The second kappa shape index (κ2) is 6.56. The molecule has 140 valence electrons. The van der Waals surface area contributed by atoms with Gasteiger partial charge in [-0.3, -0.25) is 14.6 Å². The Hall–Kier alpha value is -3.54. The van der Waals surface area contributed by atoms with E-state index in [1.165, 1.54) is 0 Å². The number of nitrogens with zero attached hydrogens (tertiary/aromatic N) is 2. The zero-order valence-corrected chi connectivity index (χ0v) is 15.7. The molecule has 2 aromatic carbocycles. The number of rotatable bonds is 3. The summed E-state index contributed by atoms with van der Waals surface area (Å²) >= 11 is 0. The van der Waals surface area contributed by atoms with Crippen LogP contribution in [0.15, 0.2) is 48.5 Å². The van der Waals surface area contributed by atoms with Crippen LogP contribution in [0.2, 0.25) is 0 Å². The van der Waals surface area contributed by atoms with Crippen molar-refractivity contribution in [2.45, 2.75) is 26.9 Å². The van der Waals surface area contributed by atoms with Crippen molar-refractivity contribution in [3.05, 3.63) is 70.9 Å². The summed E-state index contributed by atoms with van der Waals surface area (Å²) in [6.45, 7) is 5.27. The number of ether oxygens (including phenoxy) is 1. The van der Waals surface area contributed by atoms with Gasteiger partial charge in [0.25, 0.3) is 11.8 Å². The summed E-state index contributed by atoms with van der Waals surface area (Å²) in [5, 5.41) is 0.654. The molecule has 0 fully saturated rings. The number of anilines is 1. The molecular formula is C22H18N2O4. The van der Waals surface area contributed by atoms with Gasteiger partial charge in [0.1, 0.15) is 0 Å². The van der Waals surface area contributed by atoms with Gasteiger partial charge in [-0.15, -0.1) is 0 Å². The summed E-state index contributed by atoms with van der Waals surface area (Å²) in [6, 6.07) is 13.5. The van der Waals surface area contributed by atoms with E-state index in [-0.39, 0.29) is 12.0 Å². The Morgan fingerprint density at radius 1 is 0.964 bits per heavy atom. The first-order valence-corrected chi connectivity index (χ1v) is 8.97. The summed E-state index contributed by atoms with van der Waals surface area (Å²) in [7, 11) is 0. The van der Waals surface area contributed by atoms with Gasteiger partial charge >= 0.3 is 5.97 Å². The molecule has 0 N–H and O–H groups in total. The zero-order valence-electron chi connectivity index (χ0n) is 15.7. The quantitative estimate of drug-likeness (QED) is 0.513. The van der Waals surface area contributed by atoms with E-state index in [1.807, 2.05) is 18.2 Å². The molecule has 1 aromatic heterocycles. The monoisotopic (exact) mass is 374 g/mol. The van der Waals surface area contributed by atoms with Gasteiger partial charge < -0.3 is 4.74 Å². The molecule has 0 spiro atoms. The van der Waals surface area contributed by atoms with E-state index in [0.717, 1.165) is 4.90 Å². The summed E-state index contributed by atoms with van der Waals surface area (Å²) in [6.07, 6.45) is -0.229. The lowest BCUT2D eigenvalue weighted by atomic mass is 10.0. The van der Waals surface area contributed by atoms with Crippen molar-refractivity contribution < 1.29 is 19.1 Å². The first-order chi connectivity index (χ1) is 13.4. The van der Waals surface area contributed by atoms with Crippen LogP contribution in [0.5, 0.6) is 0 Å². The normalized spacial score (nSPS) is 13.4. The first kappa shape index (κ1) is 17.9. The average molecular weight is 374 g/mol. The molecule has 2 heterocycles. The molecule has 3 aromatic rings. The predicted octanol–water partition coefficient (Wildman–Crippen LogP) is 3.91. The standard InChI is InChI=1S/C22H18N2O4/c1-12(2)28-22(27)14-8-10-15(11-9-14)24-20(25)18-13(3)23-17-7-5-4-6-16(17)19(18)21(24)26/h4-12H,1-3H3. The lowest BCUT2D eigenvalue weighted by Gasteiger charge is -2.14. The van der Waals surface area contributed by atoms with Crippen molar-refractivity contribution in [1.82, 2.24) is 4.98 Å². The molecule has 0 radical (unpaired) electrons. The second-order valence-corrected chi connectivity index (χ2v) is 6.91. The summed E-state index contributed by atoms with van der Waals surface area (Å²) in [5.74, 6) is -1.25. The lowest BCUT2D eigenvalue weighted by Crippen LogP contribution is -2.29. The van der Waals surface area contributed by atoms with Gasteiger partial charge in [-0.25, -0.2) is 9.69 Å². The molecule has 6 heteroatoms. The Kier molecular flexibility index (Phi) is 4.19. The number of fused-ring (bicyclic) bond motifs is 3. The van der Waals surface area contributed by atoms with Gasteiger partial charge in [0.15, 0.2) is 0 Å². The third kappa shape index (κ3) is 2.74. The molecule has 0 saturated carbocycles.